The molecule has 1 N–H and O–H groups in total. The number of ketones is 1. The first-order chi connectivity index (χ1) is 14.5. The SMILES string of the molecule is O=C(C=C1N=NN(c2ccc([N+](=O)[O-])cc2)C1(O)c1ccccc1)c1ccccc1. The lowest BCUT2D eigenvalue weighted by atomic mass is 9.96. The van der Waals surface area contributed by atoms with Gasteiger partial charge in [0, 0.05) is 29.3 Å². The minimum absolute atomic E-state index is 0.0425. The summed E-state index contributed by atoms with van der Waals surface area (Å²) in [5, 5.41) is 32.0. The van der Waals surface area contributed by atoms with Crippen molar-refractivity contribution in [2.75, 3.05) is 5.01 Å². The summed E-state index contributed by atoms with van der Waals surface area (Å²) >= 11 is 0. The number of nitro groups is 1. The maximum atomic E-state index is 12.7. The van der Waals surface area contributed by atoms with Crippen molar-refractivity contribution in [3.05, 3.63) is 118 Å². The molecule has 0 saturated carbocycles. The highest BCUT2D eigenvalue weighted by atomic mass is 16.6. The number of aliphatic hydroxyl groups is 1. The lowest BCUT2D eigenvalue weighted by Gasteiger charge is -2.32. The third-order valence-corrected chi connectivity index (χ3v) is 4.71. The normalized spacial score (nSPS) is 19.2. The number of nitro benzene ring substituents is 1. The third kappa shape index (κ3) is 3.36. The Labute approximate surface area is 171 Å². The zero-order chi connectivity index (χ0) is 21.1. The number of benzene rings is 3. The van der Waals surface area contributed by atoms with E-state index in [-0.39, 0.29) is 17.2 Å². The highest BCUT2D eigenvalue weighted by molar-refractivity contribution is 6.05. The predicted molar refractivity (Wildman–Crippen MR) is 110 cm³/mol. The van der Waals surface area contributed by atoms with Gasteiger partial charge in [-0.2, -0.15) is 0 Å². The van der Waals surface area contributed by atoms with E-state index in [1.807, 2.05) is 0 Å². The largest absolute Gasteiger partial charge is 0.360 e. The second kappa shape index (κ2) is 7.69. The summed E-state index contributed by atoms with van der Waals surface area (Å²) < 4.78 is 0. The van der Waals surface area contributed by atoms with Gasteiger partial charge in [0.1, 0.15) is 5.70 Å². The van der Waals surface area contributed by atoms with E-state index in [1.54, 1.807) is 60.7 Å². The Hall–Kier alpha value is -4.17. The summed E-state index contributed by atoms with van der Waals surface area (Å²) in [4.78, 5) is 23.1. The quantitative estimate of drug-likeness (QED) is 0.296. The molecule has 0 saturated heterocycles. The first-order valence-electron chi connectivity index (χ1n) is 9.06. The number of non-ortho nitro benzene ring substituents is 1. The molecule has 0 spiro atoms. The van der Waals surface area contributed by atoms with E-state index < -0.39 is 10.6 Å². The van der Waals surface area contributed by atoms with Gasteiger partial charge in [0.2, 0.25) is 5.72 Å². The fraction of sp³-hybridized carbons (Fsp3) is 0.0455. The van der Waals surface area contributed by atoms with Gasteiger partial charge in [0.15, 0.2) is 5.78 Å². The van der Waals surface area contributed by atoms with Crippen molar-refractivity contribution in [2.24, 2.45) is 10.3 Å². The lowest BCUT2D eigenvalue weighted by molar-refractivity contribution is -0.384. The molecule has 0 amide bonds. The van der Waals surface area contributed by atoms with Crippen molar-refractivity contribution in [1.29, 1.82) is 0 Å². The van der Waals surface area contributed by atoms with Crippen LogP contribution in [-0.2, 0) is 5.72 Å². The Morgan fingerprint density at radius 2 is 1.57 bits per heavy atom. The van der Waals surface area contributed by atoms with Gasteiger partial charge in [-0.1, -0.05) is 65.9 Å². The molecule has 1 aliphatic rings. The summed E-state index contributed by atoms with van der Waals surface area (Å²) in [5.74, 6) is -0.329. The number of allylic oxidation sites excluding steroid dienone is 1. The molecule has 8 heteroatoms. The first kappa shape index (κ1) is 19.2. The van der Waals surface area contributed by atoms with Crippen LogP contribution in [0.5, 0.6) is 0 Å². The summed E-state index contributed by atoms with van der Waals surface area (Å²) in [6.07, 6.45) is 1.25. The minimum atomic E-state index is -1.86. The number of carbonyl (C=O) groups is 1. The second-order valence-corrected chi connectivity index (χ2v) is 6.57. The third-order valence-electron chi connectivity index (χ3n) is 4.71. The van der Waals surface area contributed by atoms with E-state index >= 15 is 0 Å². The molecule has 0 aliphatic carbocycles. The molecule has 1 atom stereocenters. The number of rotatable bonds is 5. The maximum Gasteiger partial charge on any atom is 0.269 e. The van der Waals surface area contributed by atoms with Gasteiger partial charge >= 0.3 is 0 Å². The topological polar surface area (TPSA) is 108 Å². The lowest BCUT2D eigenvalue weighted by Crippen LogP contribution is -2.41. The van der Waals surface area contributed by atoms with Gasteiger partial charge in [-0.05, 0) is 12.1 Å². The average Bonchev–Trinajstić information content (AvgIpc) is 3.12. The van der Waals surface area contributed by atoms with Gasteiger partial charge in [-0.3, -0.25) is 14.9 Å². The zero-order valence-corrected chi connectivity index (χ0v) is 15.6. The summed E-state index contributed by atoms with van der Waals surface area (Å²) in [6, 6.07) is 22.9. The number of hydrogen-bond acceptors (Lipinski definition) is 7. The van der Waals surface area contributed by atoms with Gasteiger partial charge in [-0.15, -0.1) is 5.11 Å². The van der Waals surface area contributed by atoms with Crippen molar-refractivity contribution in [2.45, 2.75) is 5.72 Å². The Kier molecular flexibility index (Phi) is 4.91. The van der Waals surface area contributed by atoms with Crippen molar-refractivity contribution < 1.29 is 14.8 Å². The Balaban J connectivity index is 1.79. The highest BCUT2D eigenvalue weighted by Gasteiger charge is 2.46. The van der Waals surface area contributed by atoms with E-state index in [2.05, 4.69) is 10.3 Å². The number of anilines is 1. The highest BCUT2D eigenvalue weighted by Crippen LogP contribution is 2.43. The Morgan fingerprint density at radius 1 is 0.967 bits per heavy atom. The molecule has 0 bridgehead atoms. The number of carbonyl (C=O) groups excluding carboxylic acids is 1. The molecule has 0 fully saturated rings. The van der Waals surface area contributed by atoms with Crippen LogP contribution in [0.25, 0.3) is 0 Å². The molecule has 3 aromatic carbocycles. The van der Waals surface area contributed by atoms with Gasteiger partial charge in [-0.25, -0.2) is 5.01 Å². The average molecular weight is 400 g/mol. The Bertz CT molecular complexity index is 1140. The van der Waals surface area contributed by atoms with Crippen LogP contribution in [0.1, 0.15) is 15.9 Å². The molecule has 0 aromatic heterocycles. The van der Waals surface area contributed by atoms with E-state index in [4.69, 9.17) is 0 Å². The molecule has 8 nitrogen and oxygen atoms in total. The van der Waals surface area contributed by atoms with Crippen LogP contribution in [0.4, 0.5) is 11.4 Å². The van der Waals surface area contributed by atoms with Crippen LogP contribution >= 0.6 is 0 Å². The summed E-state index contributed by atoms with van der Waals surface area (Å²) in [5.41, 5.74) is -0.632. The monoisotopic (exact) mass is 400 g/mol. The van der Waals surface area contributed by atoms with Gasteiger partial charge in [0.25, 0.3) is 5.69 Å². The fourth-order valence-electron chi connectivity index (χ4n) is 3.17. The van der Waals surface area contributed by atoms with E-state index in [1.165, 1.54) is 35.4 Å². The summed E-state index contributed by atoms with van der Waals surface area (Å²) in [7, 11) is 0. The van der Waals surface area contributed by atoms with Crippen molar-refractivity contribution in [3.63, 3.8) is 0 Å². The molecular weight excluding hydrogens is 384 g/mol. The molecule has 148 valence electrons. The summed E-state index contributed by atoms with van der Waals surface area (Å²) in [6.45, 7) is 0. The standard InChI is InChI=1S/C22H16N4O4/c27-20(16-7-3-1-4-8-16)15-21-22(28,17-9-5-2-6-10-17)25(24-23-21)18-11-13-19(14-12-18)26(29)30/h1-15,28H. The molecule has 1 aliphatic heterocycles. The fourth-order valence-corrected chi connectivity index (χ4v) is 3.17. The second-order valence-electron chi connectivity index (χ2n) is 6.57. The minimum Gasteiger partial charge on any atom is -0.360 e. The van der Waals surface area contributed by atoms with Crippen molar-refractivity contribution in [3.8, 4) is 0 Å². The van der Waals surface area contributed by atoms with Crippen LogP contribution < -0.4 is 5.01 Å². The molecule has 30 heavy (non-hydrogen) atoms. The van der Waals surface area contributed by atoms with Crippen LogP contribution in [-0.4, -0.2) is 15.8 Å². The van der Waals surface area contributed by atoms with Gasteiger partial charge in [0.05, 0.1) is 10.6 Å². The number of hydrogen-bond donors (Lipinski definition) is 1. The molecule has 1 heterocycles. The molecule has 0 radical (unpaired) electrons. The van der Waals surface area contributed by atoms with Crippen LogP contribution in [0, 0.1) is 10.1 Å². The van der Waals surface area contributed by atoms with Crippen LogP contribution in [0.15, 0.2) is 107 Å². The van der Waals surface area contributed by atoms with Crippen molar-refractivity contribution >= 4 is 17.2 Å². The van der Waals surface area contributed by atoms with Crippen LogP contribution in [0.3, 0.4) is 0 Å². The van der Waals surface area contributed by atoms with Crippen molar-refractivity contribution in [1.82, 2.24) is 0 Å². The molecule has 1 unspecified atom stereocenters. The first-order valence-corrected chi connectivity index (χ1v) is 9.06. The van der Waals surface area contributed by atoms with E-state index in [0.717, 1.165) is 0 Å². The van der Waals surface area contributed by atoms with Crippen LogP contribution in [0.2, 0.25) is 0 Å². The van der Waals surface area contributed by atoms with E-state index in [9.17, 15) is 20.0 Å². The van der Waals surface area contributed by atoms with Gasteiger partial charge < -0.3 is 5.11 Å². The smallest absolute Gasteiger partial charge is 0.269 e. The maximum absolute atomic E-state index is 12.7. The van der Waals surface area contributed by atoms with E-state index in [0.29, 0.717) is 16.8 Å². The zero-order valence-electron chi connectivity index (χ0n) is 15.6. The molecular formula is C22H16N4O4. The molecule has 4 rings (SSSR count). The number of nitrogens with zero attached hydrogens (tertiary/aromatic N) is 4. The predicted octanol–water partition coefficient (Wildman–Crippen LogP) is 4.39. The molecule has 3 aromatic rings. The Morgan fingerprint density at radius 3 is 2.17 bits per heavy atom.